The van der Waals surface area contributed by atoms with Crippen molar-refractivity contribution in [2.75, 3.05) is 25.0 Å². The zero-order valence-electron chi connectivity index (χ0n) is 11.0. The highest BCUT2D eigenvalue weighted by molar-refractivity contribution is 5.35. The summed E-state index contributed by atoms with van der Waals surface area (Å²) in [6.07, 6.45) is 1.30. The first-order valence-electron chi connectivity index (χ1n) is 6.48. The lowest BCUT2D eigenvalue weighted by Gasteiger charge is -2.15. The molecule has 1 aromatic rings. The summed E-state index contributed by atoms with van der Waals surface area (Å²) in [5.74, 6) is 2.70. The molecular weight excluding hydrogens is 212 g/mol. The molecule has 94 valence electrons. The average Bonchev–Trinajstić information content (AvgIpc) is 2.63. The Hall–Kier alpha value is -1.16. The van der Waals surface area contributed by atoms with E-state index in [1.54, 1.807) is 0 Å². The molecule has 1 aliphatic heterocycles. The number of hydrogen-bond acceptors (Lipinski definition) is 4. The second-order valence-corrected chi connectivity index (χ2v) is 4.97. The van der Waals surface area contributed by atoms with E-state index >= 15 is 0 Å². The second-order valence-electron chi connectivity index (χ2n) is 4.97. The van der Waals surface area contributed by atoms with E-state index in [-0.39, 0.29) is 0 Å². The molecule has 0 aromatic carbocycles. The smallest absolute Gasteiger partial charge is 0.144 e. The molecule has 4 nitrogen and oxygen atoms in total. The fraction of sp³-hybridized carbons (Fsp3) is 0.692. The molecule has 1 saturated heterocycles. The van der Waals surface area contributed by atoms with Crippen LogP contribution in [0.2, 0.25) is 0 Å². The number of aryl methyl sites for hydroxylation is 1. The minimum Gasteiger partial charge on any atom is -0.370 e. The summed E-state index contributed by atoms with van der Waals surface area (Å²) >= 11 is 0. The normalized spacial score (nSPS) is 20.8. The molecule has 2 heterocycles. The van der Waals surface area contributed by atoms with Crippen LogP contribution in [0.1, 0.15) is 31.8 Å². The minimum absolute atomic E-state index is 0.813. The van der Waals surface area contributed by atoms with Gasteiger partial charge < -0.3 is 5.32 Å². The molecule has 0 saturated carbocycles. The fourth-order valence-corrected chi connectivity index (χ4v) is 2.34. The minimum atomic E-state index is 0.813. The average molecular weight is 234 g/mol. The maximum Gasteiger partial charge on any atom is 0.144 e. The zero-order valence-corrected chi connectivity index (χ0v) is 11.0. The van der Waals surface area contributed by atoms with Crippen LogP contribution in [-0.2, 0) is 6.54 Å². The molecule has 0 aliphatic carbocycles. The van der Waals surface area contributed by atoms with Gasteiger partial charge in [0.05, 0.1) is 6.54 Å². The number of likely N-dealkylation sites (tertiary alicyclic amines) is 1. The number of nitrogens with zero attached hydrogens (tertiary/aromatic N) is 3. The van der Waals surface area contributed by atoms with Crippen molar-refractivity contribution in [3.63, 3.8) is 0 Å². The molecule has 0 radical (unpaired) electrons. The van der Waals surface area contributed by atoms with Gasteiger partial charge in [-0.2, -0.15) is 0 Å². The van der Waals surface area contributed by atoms with E-state index in [1.807, 2.05) is 13.0 Å². The first kappa shape index (κ1) is 12.3. The van der Waals surface area contributed by atoms with Crippen molar-refractivity contribution in [1.29, 1.82) is 0 Å². The van der Waals surface area contributed by atoms with E-state index in [4.69, 9.17) is 0 Å². The third-order valence-corrected chi connectivity index (χ3v) is 3.13. The SMILES string of the molecule is CCNc1cc(C)nc(CN2CCC(C)C2)n1. The fourth-order valence-electron chi connectivity index (χ4n) is 2.34. The molecule has 4 heteroatoms. The van der Waals surface area contributed by atoms with Gasteiger partial charge in [-0.05, 0) is 32.7 Å². The van der Waals surface area contributed by atoms with Gasteiger partial charge in [0.2, 0.25) is 0 Å². The molecule has 1 fully saturated rings. The Kier molecular flexibility index (Phi) is 3.94. The summed E-state index contributed by atoms with van der Waals surface area (Å²) in [5, 5.41) is 3.25. The molecule has 0 bridgehead atoms. The van der Waals surface area contributed by atoms with E-state index < -0.39 is 0 Å². The van der Waals surface area contributed by atoms with Crippen molar-refractivity contribution in [2.24, 2.45) is 5.92 Å². The van der Waals surface area contributed by atoms with Crippen LogP contribution >= 0.6 is 0 Å². The Labute approximate surface area is 103 Å². The van der Waals surface area contributed by atoms with Crippen molar-refractivity contribution >= 4 is 5.82 Å². The Bertz CT molecular complexity index is 378. The molecule has 2 rings (SSSR count). The Morgan fingerprint density at radius 2 is 2.29 bits per heavy atom. The zero-order chi connectivity index (χ0) is 12.3. The summed E-state index contributed by atoms with van der Waals surface area (Å²) in [5.41, 5.74) is 1.04. The van der Waals surface area contributed by atoms with Gasteiger partial charge in [-0.1, -0.05) is 6.92 Å². The van der Waals surface area contributed by atoms with Crippen molar-refractivity contribution in [3.05, 3.63) is 17.6 Å². The van der Waals surface area contributed by atoms with Crippen molar-refractivity contribution in [3.8, 4) is 0 Å². The number of aromatic nitrogens is 2. The van der Waals surface area contributed by atoms with E-state index in [9.17, 15) is 0 Å². The van der Waals surface area contributed by atoms with Crippen LogP contribution < -0.4 is 5.32 Å². The van der Waals surface area contributed by atoms with Gasteiger partial charge in [-0.3, -0.25) is 4.90 Å². The van der Waals surface area contributed by atoms with Crippen LogP contribution in [0, 0.1) is 12.8 Å². The van der Waals surface area contributed by atoms with Gasteiger partial charge in [-0.25, -0.2) is 9.97 Å². The van der Waals surface area contributed by atoms with Crippen molar-refractivity contribution in [2.45, 2.75) is 33.7 Å². The molecule has 1 aliphatic rings. The lowest BCUT2D eigenvalue weighted by molar-refractivity contribution is 0.312. The molecule has 1 atom stereocenters. The third-order valence-electron chi connectivity index (χ3n) is 3.13. The van der Waals surface area contributed by atoms with Crippen LogP contribution in [0.5, 0.6) is 0 Å². The summed E-state index contributed by atoms with van der Waals surface area (Å²) in [6.45, 7) is 10.5. The van der Waals surface area contributed by atoms with Gasteiger partial charge in [0.25, 0.3) is 0 Å². The van der Waals surface area contributed by atoms with Gasteiger partial charge in [0.1, 0.15) is 11.6 Å². The maximum absolute atomic E-state index is 4.55. The predicted molar refractivity (Wildman–Crippen MR) is 70.0 cm³/mol. The van der Waals surface area contributed by atoms with Crippen molar-refractivity contribution < 1.29 is 0 Å². The summed E-state index contributed by atoms with van der Waals surface area (Å²) < 4.78 is 0. The van der Waals surface area contributed by atoms with Gasteiger partial charge in [0, 0.05) is 24.8 Å². The Morgan fingerprint density at radius 3 is 2.94 bits per heavy atom. The predicted octanol–water partition coefficient (Wildman–Crippen LogP) is 2.06. The van der Waals surface area contributed by atoms with Crippen molar-refractivity contribution in [1.82, 2.24) is 14.9 Å². The number of rotatable bonds is 4. The number of nitrogens with one attached hydrogen (secondary N) is 1. The number of hydrogen-bond donors (Lipinski definition) is 1. The van der Waals surface area contributed by atoms with Crippen LogP contribution in [-0.4, -0.2) is 34.5 Å². The van der Waals surface area contributed by atoms with Gasteiger partial charge in [0.15, 0.2) is 0 Å². The molecular formula is C13H22N4. The summed E-state index contributed by atoms with van der Waals surface area (Å²) in [7, 11) is 0. The topological polar surface area (TPSA) is 41.1 Å². The van der Waals surface area contributed by atoms with Crippen LogP contribution in [0.4, 0.5) is 5.82 Å². The van der Waals surface area contributed by atoms with E-state index in [0.717, 1.165) is 36.3 Å². The number of anilines is 1. The molecule has 1 unspecified atom stereocenters. The van der Waals surface area contributed by atoms with E-state index in [2.05, 4.69) is 34.0 Å². The van der Waals surface area contributed by atoms with Crippen LogP contribution in [0.3, 0.4) is 0 Å². The maximum atomic E-state index is 4.55. The van der Waals surface area contributed by atoms with E-state index in [1.165, 1.54) is 19.5 Å². The lowest BCUT2D eigenvalue weighted by Crippen LogP contribution is -2.21. The van der Waals surface area contributed by atoms with Crippen LogP contribution in [0.25, 0.3) is 0 Å². The van der Waals surface area contributed by atoms with E-state index in [0.29, 0.717) is 0 Å². The summed E-state index contributed by atoms with van der Waals surface area (Å²) in [6, 6.07) is 2.00. The first-order chi connectivity index (χ1) is 8.17. The van der Waals surface area contributed by atoms with Gasteiger partial charge in [-0.15, -0.1) is 0 Å². The second kappa shape index (κ2) is 5.45. The summed E-state index contributed by atoms with van der Waals surface area (Å²) in [4.78, 5) is 11.5. The quantitative estimate of drug-likeness (QED) is 0.866. The third kappa shape index (κ3) is 3.40. The van der Waals surface area contributed by atoms with Gasteiger partial charge >= 0.3 is 0 Å². The van der Waals surface area contributed by atoms with Crippen LogP contribution in [0.15, 0.2) is 6.07 Å². The lowest BCUT2D eigenvalue weighted by atomic mass is 10.2. The molecule has 1 aromatic heterocycles. The molecule has 0 amide bonds. The Balaban J connectivity index is 2.04. The molecule has 17 heavy (non-hydrogen) atoms. The largest absolute Gasteiger partial charge is 0.370 e. The Morgan fingerprint density at radius 1 is 1.47 bits per heavy atom. The highest BCUT2D eigenvalue weighted by Gasteiger charge is 2.19. The molecule has 0 spiro atoms. The molecule has 1 N–H and O–H groups in total. The highest BCUT2D eigenvalue weighted by atomic mass is 15.2. The standard InChI is InChI=1S/C13H22N4/c1-4-14-12-7-11(3)15-13(16-12)9-17-6-5-10(2)8-17/h7,10H,4-6,8-9H2,1-3H3,(H,14,15,16). The first-order valence-corrected chi connectivity index (χ1v) is 6.48. The highest BCUT2D eigenvalue weighted by Crippen LogP contribution is 2.17. The monoisotopic (exact) mass is 234 g/mol.